The van der Waals surface area contributed by atoms with Crippen molar-refractivity contribution in [3.63, 3.8) is 0 Å². The monoisotopic (exact) mass is 373 g/mol. The Hall–Kier alpha value is -3.09. The van der Waals surface area contributed by atoms with Crippen LogP contribution in [-0.4, -0.2) is 44.7 Å². The fourth-order valence-electron chi connectivity index (χ4n) is 2.50. The highest BCUT2D eigenvalue weighted by molar-refractivity contribution is 5.99. The van der Waals surface area contributed by atoms with Gasteiger partial charge in [0.2, 0.25) is 0 Å². The van der Waals surface area contributed by atoms with E-state index in [1.165, 1.54) is 7.11 Å². The maximum absolute atomic E-state index is 12.3. The number of carbonyl (C=O) groups is 3. The second-order valence-electron chi connectivity index (χ2n) is 5.73. The van der Waals surface area contributed by atoms with Crippen LogP contribution in [0.25, 0.3) is 10.8 Å². The van der Waals surface area contributed by atoms with Gasteiger partial charge in [0.25, 0.3) is 5.91 Å². The molecule has 7 heteroatoms. The van der Waals surface area contributed by atoms with Crippen molar-refractivity contribution in [1.29, 1.82) is 0 Å². The first-order chi connectivity index (χ1) is 13.0. The molecule has 0 aliphatic rings. The molecular formula is C20H23NO6. The Morgan fingerprint density at radius 3 is 2.41 bits per heavy atom. The Morgan fingerprint density at radius 2 is 1.74 bits per heavy atom. The van der Waals surface area contributed by atoms with Gasteiger partial charge >= 0.3 is 11.9 Å². The lowest BCUT2D eigenvalue weighted by atomic mass is 10.1. The van der Waals surface area contributed by atoms with Gasteiger partial charge in [-0.1, -0.05) is 24.3 Å². The van der Waals surface area contributed by atoms with Gasteiger partial charge in [-0.2, -0.15) is 0 Å². The van der Waals surface area contributed by atoms with Crippen LogP contribution in [0, 0.1) is 0 Å². The van der Waals surface area contributed by atoms with Crippen molar-refractivity contribution in [2.24, 2.45) is 0 Å². The predicted octanol–water partition coefficient (Wildman–Crippen LogP) is 2.46. The van der Waals surface area contributed by atoms with Crippen LogP contribution in [0.5, 0.6) is 5.75 Å². The number of nitrogens with one attached hydrogen (secondary N) is 1. The molecule has 0 spiro atoms. The van der Waals surface area contributed by atoms with Crippen LogP contribution in [0.4, 0.5) is 0 Å². The van der Waals surface area contributed by atoms with Gasteiger partial charge in [-0.25, -0.2) is 4.79 Å². The summed E-state index contributed by atoms with van der Waals surface area (Å²) >= 11 is 0. The molecule has 2 aromatic carbocycles. The molecule has 0 saturated carbocycles. The average molecular weight is 373 g/mol. The molecule has 0 aliphatic carbocycles. The molecular weight excluding hydrogens is 350 g/mol. The number of benzene rings is 2. The molecule has 0 bridgehead atoms. The number of ether oxygens (including phenoxy) is 3. The third-order valence-electron chi connectivity index (χ3n) is 3.81. The van der Waals surface area contributed by atoms with Gasteiger partial charge in [0.05, 0.1) is 13.7 Å². The van der Waals surface area contributed by atoms with Crippen molar-refractivity contribution in [1.82, 2.24) is 5.32 Å². The molecule has 2 rings (SSSR count). The zero-order valence-electron chi connectivity index (χ0n) is 15.4. The summed E-state index contributed by atoms with van der Waals surface area (Å²) in [5.74, 6) is -0.999. The summed E-state index contributed by atoms with van der Waals surface area (Å²) in [7, 11) is 1.47. The molecule has 0 saturated heterocycles. The van der Waals surface area contributed by atoms with Crippen LogP contribution in [0.3, 0.4) is 0 Å². The van der Waals surface area contributed by atoms with Gasteiger partial charge in [0, 0.05) is 13.0 Å². The molecule has 27 heavy (non-hydrogen) atoms. The predicted molar refractivity (Wildman–Crippen MR) is 99.7 cm³/mol. The topological polar surface area (TPSA) is 90.9 Å². The number of methoxy groups -OCH3 is 1. The van der Waals surface area contributed by atoms with Crippen molar-refractivity contribution in [2.75, 3.05) is 26.9 Å². The maximum atomic E-state index is 12.3. The van der Waals surface area contributed by atoms with Crippen molar-refractivity contribution in [3.8, 4) is 5.75 Å². The number of esters is 2. The van der Waals surface area contributed by atoms with Crippen molar-refractivity contribution < 1.29 is 28.6 Å². The molecule has 0 fully saturated rings. The summed E-state index contributed by atoms with van der Waals surface area (Å²) in [4.78, 5) is 35.3. The van der Waals surface area contributed by atoms with Crippen LogP contribution >= 0.6 is 0 Å². The van der Waals surface area contributed by atoms with E-state index in [0.29, 0.717) is 25.3 Å². The smallest absolute Gasteiger partial charge is 0.342 e. The standard InChI is InChI=1S/C20H23NO6/c1-3-26-19(23)9-6-10-21-18(22)13-27-20(24)16-11-14-7-4-5-8-15(14)12-17(16)25-2/h4-5,7-8,11-12H,3,6,9-10,13H2,1-2H3,(H,21,22). The van der Waals surface area contributed by atoms with E-state index >= 15 is 0 Å². The molecule has 0 radical (unpaired) electrons. The van der Waals surface area contributed by atoms with Crippen molar-refractivity contribution in [3.05, 3.63) is 42.0 Å². The van der Waals surface area contributed by atoms with E-state index in [1.54, 1.807) is 19.1 Å². The minimum atomic E-state index is -0.640. The summed E-state index contributed by atoms with van der Waals surface area (Å²) in [6, 6.07) is 11.0. The Balaban J connectivity index is 1.85. The summed E-state index contributed by atoms with van der Waals surface area (Å²) in [5, 5.41) is 4.39. The van der Waals surface area contributed by atoms with E-state index in [-0.39, 0.29) is 18.0 Å². The fraction of sp³-hybridized carbons (Fsp3) is 0.350. The molecule has 144 valence electrons. The fourth-order valence-corrected chi connectivity index (χ4v) is 2.50. The van der Waals surface area contributed by atoms with Gasteiger partial charge in [0.1, 0.15) is 11.3 Å². The minimum absolute atomic E-state index is 0.224. The largest absolute Gasteiger partial charge is 0.496 e. The molecule has 7 nitrogen and oxygen atoms in total. The lowest BCUT2D eigenvalue weighted by Gasteiger charge is -2.11. The van der Waals surface area contributed by atoms with Crippen molar-refractivity contribution in [2.45, 2.75) is 19.8 Å². The van der Waals surface area contributed by atoms with Gasteiger partial charge < -0.3 is 19.5 Å². The number of hydrogen-bond donors (Lipinski definition) is 1. The van der Waals surface area contributed by atoms with Crippen molar-refractivity contribution >= 4 is 28.6 Å². The van der Waals surface area contributed by atoms with Gasteiger partial charge in [0.15, 0.2) is 6.61 Å². The number of amides is 1. The normalized spacial score (nSPS) is 10.3. The zero-order chi connectivity index (χ0) is 19.6. The quantitative estimate of drug-likeness (QED) is 0.536. The van der Waals surface area contributed by atoms with E-state index in [0.717, 1.165) is 10.8 Å². The number of rotatable bonds is 9. The first-order valence-corrected chi connectivity index (χ1v) is 8.71. The molecule has 1 amide bonds. The second kappa shape index (κ2) is 10.2. The summed E-state index contributed by atoms with van der Waals surface area (Å²) in [5.41, 5.74) is 0.256. The molecule has 2 aromatic rings. The number of carbonyl (C=O) groups excluding carboxylic acids is 3. The Labute approximate surface area is 157 Å². The summed E-state index contributed by atoms with van der Waals surface area (Å²) < 4.78 is 15.1. The summed E-state index contributed by atoms with van der Waals surface area (Å²) in [6.45, 7) is 1.96. The van der Waals surface area contributed by atoms with Gasteiger partial charge in [-0.3, -0.25) is 9.59 Å². The molecule has 1 N–H and O–H groups in total. The lowest BCUT2D eigenvalue weighted by Crippen LogP contribution is -2.30. The minimum Gasteiger partial charge on any atom is -0.496 e. The van der Waals surface area contributed by atoms with Gasteiger partial charge in [-0.15, -0.1) is 0 Å². The van der Waals surface area contributed by atoms with Crippen LogP contribution in [0.2, 0.25) is 0 Å². The van der Waals surface area contributed by atoms with Crippen LogP contribution in [0.1, 0.15) is 30.1 Å². The summed E-state index contributed by atoms with van der Waals surface area (Å²) in [6.07, 6.45) is 0.680. The molecule has 0 atom stereocenters. The average Bonchev–Trinajstić information content (AvgIpc) is 2.68. The highest BCUT2D eigenvalue weighted by Gasteiger charge is 2.16. The zero-order valence-corrected chi connectivity index (χ0v) is 15.4. The third-order valence-corrected chi connectivity index (χ3v) is 3.81. The highest BCUT2D eigenvalue weighted by atomic mass is 16.5. The molecule has 0 unspecified atom stereocenters. The Bertz CT molecular complexity index is 817. The second-order valence-corrected chi connectivity index (χ2v) is 5.73. The lowest BCUT2D eigenvalue weighted by molar-refractivity contribution is -0.143. The Kier molecular flexibility index (Phi) is 7.61. The maximum Gasteiger partial charge on any atom is 0.342 e. The van der Waals surface area contributed by atoms with E-state index in [4.69, 9.17) is 14.2 Å². The molecule has 0 heterocycles. The van der Waals surface area contributed by atoms with Crippen LogP contribution < -0.4 is 10.1 Å². The first kappa shape index (κ1) is 20.2. The van der Waals surface area contributed by atoms with E-state index < -0.39 is 18.5 Å². The highest BCUT2D eigenvalue weighted by Crippen LogP contribution is 2.26. The molecule has 0 aliphatic heterocycles. The Morgan fingerprint density at radius 1 is 1.04 bits per heavy atom. The number of fused-ring (bicyclic) bond motifs is 1. The van der Waals surface area contributed by atoms with E-state index in [1.807, 2.05) is 24.3 Å². The number of hydrogen-bond acceptors (Lipinski definition) is 6. The third kappa shape index (κ3) is 5.99. The van der Waals surface area contributed by atoms with Gasteiger partial charge in [-0.05, 0) is 36.2 Å². The SMILES string of the molecule is CCOC(=O)CCCNC(=O)COC(=O)c1cc2ccccc2cc1OC. The first-order valence-electron chi connectivity index (χ1n) is 8.71. The van der Waals surface area contributed by atoms with E-state index in [2.05, 4.69) is 5.32 Å². The van der Waals surface area contributed by atoms with E-state index in [9.17, 15) is 14.4 Å². The van der Waals surface area contributed by atoms with Crippen LogP contribution in [-0.2, 0) is 19.1 Å². The molecule has 0 aromatic heterocycles. The van der Waals surface area contributed by atoms with Crippen LogP contribution in [0.15, 0.2) is 36.4 Å².